The molecule has 0 aliphatic carbocycles. The first-order chi connectivity index (χ1) is 9.99. The van der Waals surface area contributed by atoms with Crippen molar-refractivity contribution in [3.63, 3.8) is 0 Å². The molecule has 21 heavy (non-hydrogen) atoms. The predicted octanol–water partition coefficient (Wildman–Crippen LogP) is 2.13. The smallest absolute Gasteiger partial charge is 0.251 e. The number of phenolic OH excluding ortho intramolecular Hbond substituents is 1. The normalized spacial score (nSPS) is 12.0. The van der Waals surface area contributed by atoms with E-state index in [4.69, 9.17) is 0 Å². The third kappa shape index (κ3) is 3.55. The van der Waals surface area contributed by atoms with Crippen LogP contribution in [0.25, 0.3) is 0 Å². The summed E-state index contributed by atoms with van der Waals surface area (Å²) in [5, 5.41) is 21.4. The number of aromatic hydroxyl groups is 1. The van der Waals surface area contributed by atoms with Crippen molar-refractivity contribution < 1.29 is 23.8 Å². The number of amides is 1. The number of hydrogen-bond acceptors (Lipinski definition) is 3. The van der Waals surface area contributed by atoms with Gasteiger partial charge in [0.15, 0.2) is 0 Å². The highest BCUT2D eigenvalue weighted by atomic mass is 19.1. The van der Waals surface area contributed by atoms with E-state index in [1.165, 1.54) is 30.3 Å². The molecule has 0 fully saturated rings. The molecule has 0 saturated carbocycles. The van der Waals surface area contributed by atoms with Gasteiger partial charge in [-0.1, -0.05) is 12.1 Å². The van der Waals surface area contributed by atoms with Crippen molar-refractivity contribution in [1.82, 2.24) is 5.32 Å². The van der Waals surface area contributed by atoms with Gasteiger partial charge in [0.05, 0.1) is 5.56 Å². The van der Waals surface area contributed by atoms with E-state index in [1.807, 2.05) is 0 Å². The van der Waals surface area contributed by atoms with Crippen molar-refractivity contribution >= 4 is 5.91 Å². The van der Waals surface area contributed by atoms with Gasteiger partial charge in [-0.05, 0) is 30.3 Å². The monoisotopic (exact) mass is 293 g/mol. The summed E-state index contributed by atoms with van der Waals surface area (Å²) in [6, 6.07) is 8.83. The lowest BCUT2D eigenvalue weighted by atomic mass is 10.1. The quantitative estimate of drug-likeness (QED) is 0.809. The van der Waals surface area contributed by atoms with E-state index in [-0.39, 0.29) is 17.9 Å². The van der Waals surface area contributed by atoms with E-state index < -0.39 is 29.2 Å². The first kappa shape index (κ1) is 14.9. The number of carbonyl (C=O) groups excluding carboxylic acids is 1. The molecule has 6 heteroatoms. The fourth-order valence-electron chi connectivity index (χ4n) is 1.87. The minimum Gasteiger partial charge on any atom is -0.508 e. The molecule has 0 heterocycles. The molecule has 0 aromatic heterocycles. The Labute approximate surface area is 119 Å². The van der Waals surface area contributed by atoms with Crippen LogP contribution in [0.2, 0.25) is 0 Å². The molecule has 2 rings (SSSR count). The molecule has 0 unspecified atom stereocenters. The molecule has 1 amide bonds. The number of halogens is 2. The lowest BCUT2D eigenvalue weighted by Crippen LogP contribution is -2.29. The number of aliphatic hydroxyl groups excluding tert-OH is 1. The van der Waals surface area contributed by atoms with Crippen molar-refractivity contribution in [3.8, 4) is 5.75 Å². The number of phenols is 1. The van der Waals surface area contributed by atoms with Crippen molar-refractivity contribution in [2.45, 2.75) is 6.10 Å². The van der Waals surface area contributed by atoms with Crippen molar-refractivity contribution in [2.75, 3.05) is 6.54 Å². The fourth-order valence-corrected chi connectivity index (χ4v) is 1.87. The molecule has 0 aliphatic heterocycles. The van der Waals surface area contributed by atoms with Gasteiger partial charge in [-0.3, -0.25) is 4.79 Å². The van der Waals surface area contributed by atoms with Crippen molar-refractivity contribution in [3.05, 3.63) is 65.2 Å². The number of carbonyl (C=O) groups is 1. The fraction of sp³-hybridized carbons (Fsp3) is 0.133. The molecule has 1 atom stereocenters. The molecule has 110 valence electrons. The van der Waals surface area contributed by atoms with Crippen LogP contribution in [0.4, 0.5) is 8.78 Å². The summed E-state index contributed by atoms with van der Waals surface area (Å²) in [6.07, 6.45) is -1.51. The Morgan fingerprint density at radius 3 is 2.38 bits per heavy atom. The molecule has 0 saturated heterocycles. The van der Waals surface area contributed by atoms with Gasteiger partial charge >= 0.3 is 0 Å². The van der Waals surface area contributed by atoms with E-state index in [0.717, 1.165) is 12.1 Å². The summed E-state index contributed by atoms with van der Waals surface area (Å²) in [7, 11) is 0. The van der Waals surface area contributed by atoms with Crippen LogP contribution in [0.15, 0.2) is 42.5 Å². The molecule has 2 aromatic rings. The summed E-state index contributed by atoms with van der Waals surface area (Å²) in [5.74, 6) is -2.41. The molecular formula is C15H13F2NO3. The lowest BCUT2D eigenvalue weighted by Gasteiger charge is -2.14. The van der Waals surface area contributed by atoms with Gasteiger partial charge in [-0.25, -0.2) is 8.78 Å². The molecule has 0 radical (unpaired) electrons. The minimum atomic E-state index is -1.51. The van der Waals surface area contributed by atoms with Crippen LogP contribution >= 0.6 is 0 Å². The van der Waals surface area contributed by atoms with E-state index in [2.05, 4.69) is 5.32 Å². The molecule has 3 N–H and O–H groups in total. The second-order valence-corrected chi connectivity index (χ2v) is 4.41. The zero-order chi connectivity index (χ0) is 15.4. The topological polar surface area (TPSA) is 69.6 Å². The van der Waals surface area contributed by atoms with Crippen LogP contribution in [0.5, 0.6) is 5.75 Å². The zero-order valence-electron chi connectivity index (χ0n) is 10.9. The first-order valence-electron chi connectivity index (χ1n) is 6.18. The minimum absolute atomic E-state index is 0.0802. The summed E-state index contributed by atoms with van der Waals surface area (Å²) < 4.78 is 26.9. The van der Waals surface area contributed by atoms with Crippen LogP contribution in [-0.4, -0.2) is 22.7 Å². The van der Waals surface area contributed by atoms with Gasteiger partial charge in [0, 0.05) is 12.1 Å². The van der Waals surface area contributed by atoms with E-state index >= 15 is 0 Å². The van der Waals surface area contributed by atoms with Gasteiger partial charge in [0.1, 0.15) is 23.5 Å². The van der Waals surface area contributed by atoms with Crippen molar-refractivity contribution in [1.29, 1.82) is 0 Å². The Bertz CT molecular complexity index is 641. The number of rotatable bonds is 4. The molecular weight excluding hydrogens is 280 g/mol. The summed E-state index contributed by atoms with van der Waals surface area (Å²) in [6.45, 7) is -0.355. The molecule has 0 aliphatic rings. The van der Waals surface area contributed by atoms with Gasteiger partial charge in [-0.2, -0.15) is 0 Å². The Kier molecular flexibility index (Phi) is 4.49. The lowest BCUT2D eigenvalue weighted by molar-refractivity contribution is 0.0911. The second-order valence-electron chi connectivity index (χ2n) is 4.41. The average Bonchev–Trinajstić information content (AvgIpc) is 2.44. The molecule has 0 bridgehead atoms. The summed E-state index contributed by atoms with van der Waals surface area (Å²) in [4.78, 5) is 11.8. The molecule has 4 nitrogen and oxygen atoms in total. The predicted molar refractivity (Wildman–Crippen MR) is 71.8 cm³/mol. The Morgan fingerprint density at radius 2 is 1.76 bits per heavy atom. The van der Waals surface area contributed by atoms with Crippen LogP contribution < -0.4 is 5.32 Å². The van der Waals surface area contributed by atoms with Crippen LogP contribution in [0, 0.1) is 11.6 Å². The number of benzene rings is 2. The van der Waals surface area contributed by atoms with E-state index in [1.54, 1.807) is 0 Å². The Hall–Kier alpha value is -2.47. The number of aliphatic hydroxyl groups is 1. The summed E-state index contributed by atoms with van der Waals surface area (Å²) >= 11 is 0. The number of nitrogens with one attached hydrogen (secondary N) is 1. The third-order valence-electron chi connectivity index (χ3n) is 2.90. The van der Waals surface area contributed by atoms with Gasteiger partial charge in [-0.15, -0.1) is 0 Å². The maximum atomic E-state index is 13.5. The maximum Gasteiger partial charge on any atom is 0.251 e. The highest BCUT2D eigenvalue weighted by molar-refractivity contribution is 5.94. The average molecular weight is 293 g/mol. The zero-order valence-corrected chi connectivity index (χ0v) is 10.9. The van der Waals surface area contributed by atoms with Crippen LogP contribution in [0.1, 0.15) is 22.0 Å². The number of hydrogen-bond donors (Lipinski definition) is 3. The van der Waals surface area contributed by atoms with E-state index in [0.29, 0.717) is 0 Å². The van der Waals surface area contributed by atoms with Gasteiger partial charge in [0.2, 0.25) is 0 Å². The first-order valence-corrected chi connectivity index (χ1v) is 6.18. The SMILES string of the molecule is O=C(NC[C@H](O)c1c(F)cccc1F)c1cccc(O)c1. The largest absolute Gasteiger partial charge is 0.508 e. The van der Waals surface area contributed by atoms with Gasteiger partial charge in [0.25, 0.3) is 5.91 Å². The van der Waals surface area contributed by atoms with Crippen LogP contribution in [-0.2, 0) is 0 Å². The highest BCUT2D eigenvalue weighted by Crippen LogP contribution is 2.20. The standard InChI is InChI=1S/C15H13F2NO3/c16-11-5-2-6-12(17)14(11)13(20)8-18-15(21)9-3-1-4-10(19)7-9/h1-7,13,19-20H,8H2,(H,18,21)/t13-/m0/s1. The molecule has 2 aromatic carbocycles. The highest BCUT2D eigenvalue weighted by Gasteiger charge is 2.18. The Balaban J connectivity index is 2.04. The van der Waals surface area contributed by atoms with Gasteiger partial charge < -0.3 is 15.5 Å². The summed E-state index contributed by atoms with van der Waals surface area (Å²) in [5.41, 5.74) is -0.315. The maximum absolute atomic E-state index is 13.5. The Morgan fingerprint density at radius 1 is 1.14 bits per heavy atom. The molecule has 0 spiro atoms. The van der Waals surface area contributed by atoms with Crippen LogP contribution in [0.3, 0.4) is 0 Å². The second kappa shape index (κ2) is 6.32. The third-order valence-corrected chi connectivity index (χ3v) is 2.90. The van der Waals surface area contributed by atoms with E-state index in [9.17, 15) is 23.8 Å². The van der Waals surface area contributed by atoms with Crippen molar-refractivity contribution in [2.24, 2.45) is 0 Å².